The fourth-order valence-electron chi connectivity index (χ4n) is 6.89. The standard InChI is InChI=1S/C23H33NO/c1-16-5-4-10-23-11-12-24(15-17-6-3-7-17)21(22(16)23)13-18-8-9-19(25-2)14-20(18)23/h8-9,14,16-17,21-22H,3-7,10-13,15H2,1-2H3/t16-,21+,22?,23-/m0/s1. The van der Waals surface area contributed by atoms with Crippen LogP contribution in [0.4, 0.5) is 0 Å². The molecule has 1 aliphatic heterocycles. The number of piperidine rings is 1. The number of hydrogen-bond acceptors (Lipinski definition) is 2. The number of methoxy groups -OCH3 is 1. The summed E-state index contributed by atoms with van der Waals surface area (Å²) in [6.07, 6.45) is 11.3. The van der Waals surface area contributed by atoms with E-state index in [4.69, 9.17) is 4.74 Å². The highest BCUT2D eigenvalue weighted by Crippen LogP contribution is 2.58. The van der Waals surface area contributed by atoms with Gasteiger partial charge in [-0.1, -0.05) is 32.3 Å². The molecule has 3 fully saturated rings. The van der Waals surface area contributed by atoms with Gasteiger partial charge in [-0.2, -0.15) is 0 Å². The molecule has 1 saturated heterocycles. The molecule has 0 amide bonds. The predicted molar refractivity (Wildman–Crippen MR) is 102 cm³/mol. The number of ether oxygens (including phenoxy) is 1. The van der Waals surface area contributed by atoms with Crippen LogP contribution in [0.15, 0.2) is 18.2 Å². The van der Waals surface area contributed by atoms with E-state index in [2.05, 4.69) is 30.0 Å². The van der Waals surface area contributed by atoms with E-state index >= 15 is 0 Å². The highest BCUT2D eigenvalue weighted by Gasteiger charge is 2.56. The normalized spacial score (nSPS) is 37.8. The van der Waals surface area contributed by atoms with Crippen LogP contribution in [0.1, 0.15) is 63.0 Å². The van der Waals surface area contributed by atoms with Crippen molar-refractivity contribution in [3.8, 4) is 5.75 Å². The summed E-state index contributed by atoms with van der Waals surface area (Å²) in [5.74, 6) is 3.76. The maximum Gasteiger partial charge on any atom is 0.119 e. The second-order valence-corrected chi connectivity index (χ2v) is 9.39. The minimum atomic E-state index is 0.431. The number of hydrogen-bond donors (Lipinski definition) is 0. The third-order valence-electron chi connectivity index (χ3n) is 8.26. The molecule has 25 heavy (non-hydrogen) atoms. The van der Waals surface area contributed by atoms with Crippen molar-refractivity contribution in [3.05, 3.63) is 29.3 Å². The second kappa shape index (κ2) is 6.01. The number of rotatable bonds is 3. The summed E-state index contributed by atoms with van der Waals surface area (Å²) in [6, 6.07) is 7.75. The Bertz CT molecular complexity index is 651. The van der Waals surface area contributed by atoms with Gasteiger partial charge in [-0.05, 0) is 79.7 Å². The van der Waals surface area contributed by atoms with E-state index in [1.165, 1.54) is 64.5 Å². The van der Waals surface area contributed by atoms with Gasteiger partial charge in [-0.15, -0.1) is 0 Å². The molecule has 2 heteroatoms. The Morgan fingerprint density at radius 3 is 2.80 bits per heavy atom. The van der Waals surface area contributed by atoms with Gasteiger partial charge in [-0.3, -0.25) is 4.90 Å². The quantitative estimate of drug-likeness (QED) is 0.784. The highest BCUT2D eigenvalue weighted by molar-refractivity contribution is 5.45. The van der Waals surface area contributed by atoms with Crippen molar-refractivity contribution < 1.29 is 4.74 Å². The second-order valence-electron chi connectivity index (χ2n) is 9.39. The van der Waals surface area contributed by atoms with Crippen LogP contribution in [-0.4, -0.2) is 31.1 Å². The van der Waals surface area contributed by atoms with Crippen molar-refractivity contribution in [2.45, 2.75) is 69.7 Å². The molecule has 1 aromatic carbocycles. The lowest BCUT2D eigenvalue weighted by Gasteiger charge is -2.61. The first-order chi connectivity index (χ1) is 12.2. The Hall–Kier alpha value is -1.02. The molecular formula is C23H33NO. The van der Waals surface area contributed by atoms with Crippen molar-refractivity contribution in [2.75, 3.05) is 20.2 Å². The monoisotopic (exact) mass is 339 g/mol. The Kier molecular flexibility index (Phi) is 3.89. The van der Waals surface area contributed by atoms with Gasteiger partial charge in [-0.25, -0.2) is 0 Å². The first-order valence-corrected chi connectivity index (χ1v) is 10.6. The van der Waals surface area contributed by atoms with E-state index < -0.39 is 0 Å². The first kappa shape index (κ1) is 16.2. The van der Waals surface area contributed by atoms with Crippen molar-refractivity contribution in [2.24, 2.45) is 17.8 Å². The van der Waals surface area contributed by atoms with Crippen LogP contribution < -0.4 is 4.74 Å². The van der Waals surface area contributed by atoms with E-state index in [1.807, 2.05) is 7.11 Å². The zero-order valence-corrected chi connectivity index (χ0v) is 16.0. The van der Waals surface area contributed by atoms with E-state index in [9.17, 15) is 0 Å². The summed E-state index contributed by atoms with van der Waals surface area (Å²) in [6.45, 7) is 5.24. The Labute approximate surface area is 152 Å². The maximum absolute atomic E-state index is 5.61. The molecule has 0 N–H and O–H groups in total. The molecule has 4 atom stereocenters. The average Bonchev–Trinajstić information content (AvgIpc) is 2.59. The van der Waals surface area contributed by atoms with Gasteiger partial charge in [0.2, 0.25) is 0 Å². The zero-order valence-electron chi connectivity index (χ0n) is 16.0. The topological polar surface area (TPSA) is 12.5 Å². The molecule has 136 valence electrons. The van der Waals surface area contributed by atoms with Gasteiger partial charge in [0.15, 0.2) is 0 Å². The third kappa shape index (κ3) is 2.40. The fraction of sp³-hybridized carbons (Fsp3) is 0.739. The van der Waals surface area contributed by atoms with Gasteiger partial charge in [0, 0.05) is 18.0 Å². The van der Waals surface area contributed by atoms with Crippen LogP contribution in [-0.2, 0) is 11.8 Å². The molecule has 3 aliphatic carbocycles. The van der Waals surface area contributed by atoms with Crippen molar-refractivity contribution >= 4 is 0 Å². The Balaban J connectivity index is 1.56. The molecule has 0 radical (unpaired) electrons. The molecule has 2 nitrogen and oxygen atoms in total. The number of benzene rings is 1. The highest BCUT2D eigenvalue weighted by atomic mass is 16.5. The number of fused-ring (bicyclic) bond motifs is 1. The SMILES string of the molecule is COc1ccc2c(c1)[C@@]13CCC[C@H](C)C1[C@@H](C2)N(CC1CCC1)CC3. The lowest BCUT2D eigenvalue weighted by Crippen LogP contribution is -2.63. The third-order valence-corrected chi connectivity index (χ3v) is 8.26. The van der Waals surface area contributed by atoms with Crippen LogP contribution in [0.2, 0.25) is 0 Å². The van der Waals surface area contributed by atoms with Gasteiger partial charge in [0.1, 0.15) is 5.75 Å². The number of likely N-dealkylation sites (tertiary alicyclic amines) is 1. The zero-order chi connectivity index (χ0) is 17.0. The smallest absolute Gasteiger partial charge is 0.119 e. The molecular weight excluding hydrogens is 306 g/mol. The van der Waals surface area contributed by atoms with Crippen LogP contribution in [0.3, 0.4) is 0 Å². The molecule has 0 spiro atoms. The van der Waals surface area contributed by atoms with Crippen LogP contribution in [0.5, 0.6) is 5.75 Å². The summed E-state index contributed by atoms with van der Waals surface area (Å²) >= 11 is 0. The summed E-state index contributed by atoms with van der Waals surface area (Å²) in [7, 11) is 1.81. The Morgan fingerprint density at radius 2 is 2.04 bits per heavy atom. The van der Waals surface area contributed by atoms with Crippen LogP contribution in [0, 0.1) is 17.8 Å². The lowest BCUT2D eigenvalue weighted by molar-refractivity contribution is -0.0488. The molecule has 1 unspecified atom stereocenters. The Morgan fingerprint density at radius 1 is 1.16 bits per heavy atom. The van der Waals surface area contributed by atoms with Crippen molar-refractivity contribution in [3.63, 3.8) is 0 Å². The molecule has 1 aromatic rings. The maximum atomic E-state index is 5.61. The first-order valence-electron chi connectivity index (χ1n) is 10.6. The summed E-state index contributed by atoms with van der Waals surface area (Å²) in [4.78, 5) is 2.92. The number of nitrogens with zero attached hydrogens (tertiary/aromatic N) is 1. The average molecular weight is 340 g/mol. The summed E-state index contributed by atoms with van der Waals surface area (Å²) < 4.78 is 5.61. The van der Waals surface area contributed by atoms with Crippen molar-refractivity contribution in [1.82, 2.24) is 4.90 Å². The minimum absolute atomic E-state index is 0.431. The largest absolute Gasteiger partial charge is 0.497 e. The molecule has 5 rings (SSSR count). The minimum Gasteiger partial charge on any atom is -0.497 e. The van der Waals surface area contributed by atoms with Gasteiger partial charge >= 0.3 is 0 Å². The van der Waals surface area contributed by atoms with Gasteiger partial charge < -0.3 is 4.74 Å². The van der Waals surface area contributed by atoms with E-state index in [-0.39, 0.29) is 0 Å². The summed E-state index contributed by atoms with van der Waals surface area (Å²) in [5, 5.41) is 0. The van der Waals surface area contributed by atoms with E-state index in [0.29, 0.717) is 5.41 Å². The molecule has 2 saturated carbocycles. The molecule has 0 aromatic heterocycles. The molecule has 2 bridgehead atoms. The molecule has 1 heterocycles. The summed E-state index contributed by atoms with van der Waals surface area (Å²) in [5.41, 5.74) is 3.71. The van der Waals surface area contributed by atoms with Gasteiger partial charge in [0.25, 0.3) is 0 Å². The fourth-order valence-corrected chi connectivity index (χ4v) is 6.89. The van der Waals surface area contributed by atoms with Crippen LogP contribution in [0.25, 0.3) is 0 Å². The lowest BCUT2D eigenvalue weighted by atomic mass is 9.49. The van der Waals surface area contributed by atoms with Crippen molar-refractivity contribution in [1.29, 1.82) is 0 Å². The van der Waals surface area contributed by atoms with E-state index in [1.54, 1.807) is 11.1 Å². The van der Waals surface area contributed by atoms with Gasteiger partial charge in [0.05, 0.1) is 7.11 Å². The van der Waals surface area contributed by atoms with Crippen LogP contribution >= 0.6 is 0 Å². The predicted octanol–water partition coefficient (Wildman–Crippen LogP) is 4.80. The van der Waals surface area contributed by atoms with E-state index in [0.717, 1.165) is 29.5 Å². The molecule has 4 aliphatic rings.